The van der Waals surface area contributed by atoms with Crippen LogP contribution in [0.1, 0.15) is 32.4 Å². The van der Waals surface area contributed by atoms with Gasteiger partial charge in [0.15, 0.2) is 11.6 Å². The number of aromatic nitrogens is 2. The Bertz CT molecular complexity index is 595. The summed E-state index contributed by atoms with van der Waals surface area (Å²) in [5.41, 5.74) is 1.61. The molecule has 1 aromatic heterocycles. The number of unbranched alkanes of at least 4 members (excludes halogenated alkanes) is 1. The Morgan fingerprint density at radius 2 is 2.14 bits per heavy atom. The molecule has 2 rings (SSSR count). The maximum Gasteiger partial charge on any atom is 0.207 e. The van der Waals surface area contributed by atoms with Crippen LogP contribution in [0.25, 0.3) is 0 Å². The van der Waals surface area contributed by atoms with E-state index in [1.54, 1.807) is 12.1 Å². The molecule has 0 radical (unpaired) electrons. The zero-order valence-corrected chi connectivity index (χ0v) is 12.8. The third-order valence-corrected chi connectivity index (χ3v) is 3.14. The van der Waals surface area contributed by atoms with Crippen molar-refractivity contribution in [2.45, 2.75) is 40.2 Å². The van der Waals surface area contributed by atoms with Crippen LogP contribution < -0.4 is 10.1 Å². The number of rotatable bonds is 7. The molecule has 0 atom stereocenters. The molecule has 114 valence electrons. The molecule has 0 aliphatic carbocycles. The molecule has 2 aromatic rings. The van der Waals surface area contributed by atoms with E-state index in [2.05, 4.69) is 21.8 Å². The van der Waals surface area contributed by atoms with Gasteiger partial charge in [0.2, 0.25) is 5.95 Å². The molecular formula is C16H22FN3O. The van der Waals surface area contributed by atoms with Gasteiger partial charge in [-0.05, 0) is 32.4 Å². The van der Waals surface area contributed by atoms with Crippen molar-refractivity contribution in [3.8, 4) is 5.75 Å². The number of nitrogens with one attached hydrogen (secondary N) is 1. The Labute approximate surface area is 125 Å². The summed E-state index contributed by atoms with van der Waals surface area (Å²) in [5.74, 6) is 0.642. The van der Waals surface area contributed by atoms with Crippen molar-refractivity contribution in [2.24, 2.45) is 0 Å². The normalized spacial score (nSPS) is 10.7. The highest BCUT2D eigenvalue weighted by molar-refractivity contribution is 5.55. The number of nitrogens with zero attached hydrogens (tertiary/aromatic N) is 2. The van der Waals surface area contributed by atoms with Gasteiger partial charge in [0.1, 0.15) is 0 Å². The number of imidazole rings is 1. The molecule has 1 aromatic carbocycles. The zero-order chi connectivity index (χ0) is 15.2. The summed E-state index contributed by atoms with van der Waals surface area (Å²) in [6, 6.07) is 4.86. The van der Waals surface area contributed by atoms with Gasteiger partial charge >= 0.3 is 0 Å². The molecule has 0 spiro atoms. The molecule has 0 fully saturated rings. The van der Waals surface area contributed by atoms with Crippen LogP contribution in [0, 0.1) is 12.7 Å². The van der Waals surface area contributed by atoms with E-state index in [1.807, 2.05) is 20.0 Å². The molecule has 0 unspecified atom stereocenters. The first-order valence-corrected chi connectivity index (χ1v) is 7.37. The summed E-state index contributed by atoms with van der Waals surface area (Å²) >= 11 is 0. The van der Waals surface area contributed by atoms with Gasteiger partial charge in [-0.1, -0.05) is 13.3 Å². The number of halogens is 1. The number of ether oxygens (including phenoxy) is 1. The number of benzene rings is 1. The quantitative estimate of drug-likeness (QED) is 0.828. The van der Waals surface area contributed by atoms with Crippen molar-refractivity contribution in [3.63, 3.8) is 0 Å². The van der Waals surface area contributed by atoms with Gasteiger partial charge in [-0.25, -0.2) is 9.37 Å². The molecule has 0 bridgehead atoms. The van der Waals surface area contributed by atoms with Crippen LogP contribution in [-0.2, 0) is 6.54 Å². The molecular weight excluding hydrogens is 269 g/mol. The molecule has 0 saturated heterocycles. The molecule has 21 heavy (non-hydrogen) atoms. The monoisotopic (exact) mass is 291 g/mol. The fourth-order valence-electron chi connectivity index (χ4n) is 2.13. The van der Waals surface area contributed by atoms with Gasteiger partial charge in [0.25, 0.3) is 0 Å². The van der Waals surface area contributed by atoms with Gasteiger partial charge < -0.3 is 14.6 Å². The highest BCUT2D eigenvalue weighted by Crippen LogP contribution is 2.24. The molecule has 0 aliphatic rings. The minimum absolute atomic E-state index is 0.272. The van der Waals surface area contributed by atoms with Crippen LogP contribution in [0.3, 0.4) is 0 Å². The largest absolute Gasteiger partial charge is 0.491 e. The molecule has 0 aliphatic heterocycles. The lowest BCUT2D eigenvalue weighted by Crippen LogP contribution is -2.04. The van der Waals surface area contributed by atoms with Gasteiger partial charge in [0.05, 0.1) is 12.3 Å². The zero-order valence-electron chi connectivity index (χ0n) is 12.8. The van der Waals surface area contributed by atoms with Crippen molar-refractivity contribution < 1.29 is 9.13 Å². The lowest BCUT2D eigenvalue weighted by atomic mass is 10.3. The Balaban J connectivity index is 2.16. The first-order valence-electron chi connectivity index (χ1n) is 7.37. The predicted molar refractivity (Wildman–Crippen MR) is 82.7 cm³/mol. The fourth-order valence-corrected chi connectivity index (χ4v) is 2.13. The maximum atomic E-state index is 13.9. The Morgan fingerprint density at radius 1 is 1.33 bits per heavy atom. The number of hydrogen-bond acceptors (Lipinski definition) is 3. The highest BCUT2D eigenvalue weighted by Gasteiger charge is 2.08. The third kappa shape index (κ3) is 3.97. The summed E-state index contributed by atoms with van der Waals surface area (Å²) in [4.78, 5) is 4.45. The van der Waals surface area contributed by atoms with Gasteiger partial charge in [-0.2, -0.15) is 0 Å². The van der Waals surface area contributed by atoms with Crippen LogP contribution in [0.15, 0.2) is 24.4 Å². The second kappa shape index (κ2) is 7.11. The highest BCUT2D eigenvalue weighted by atomic mass is 19.1. The van der Waals surface area contributed by atoms with E-state index in [1.165, 1.54) is 6.07 Å². The fraction of sp³-hybridized carbons (Fsp3) is 0.438. The Kier molecular flexibility index (Phi) is 5.20. The van der Waals surface area contributed by atoms with Crippen LogP contribution >= 0.6 is 0 Å². The standard InChI is InChI=1S/C16H22FN3O/c1-4-6-9-20-11-12(3)18-16(20)19-13-7-8-15(21-5-2)14(17)10-13/h7-8,10-11H,4-6,9H2,1-3H3,(H,18,19). The number of anilines is 2. The second-order valence-electron chi connectivity index (χ2n) is 4.96. The minimum atomic E-state index is -0.370. The molecule has 0 amide bonds. The molecule has 0 saturated carbocycles. The van der Waals surface area contributed by atoms with Crippen molar-refractivity contribution in [3.05, 3.63) is 35.9 Å². The lowest BCUT2D eigenvalue weighted by Gasteiger charge is -2.11. The maximum absolute atomic E-state index is 13.9. The first-order chi connectivity index (χ1) is 10.1. The van der Waals surface area contributed by atoms with Crippen molar-refractivity contribution in [1.29, 1.82) is 0 Å². The Hall–Kier alpha value is -2.04. The molecule has 1 N–H and O–H groups in total. The van der Waals surface area contributed by atoms with Crippen LogP contribution in [-0.4, -0.2) is 16.2 Å². The van der Waals surface area contributed by atoms with Crippen LogP contribution in [0.4, 0.5) is 16.0 Å². The summed E-state index contributed by atoms with van der Waals surface area (Å²) in [7, 11) is 0. The van der Waals surface area contributed by atoms with Crippen molar-refractivity contribution >= 4 is 11.6 Å². The number of hydrogen-bond donors (Lipinski definition) is 1. The lowest BCUT2D eigenvalue weighted by molar-refractivity contribution is 0.321. The van der Waals surface area contributed by atoms with E-state index >= 15 is 0 Å². The van der Waals surface area contributed by atoms with E-state index in [9.17, 15) is 4.39 Å². The van der Waals surface area contributed by atoms with Crippen molar-refractivity contribution in [1.82, 2.24) is 9.55 Å². The predicted octanol–water partition coefficient (Wildman–Crippen LogP) is 4.27. The van der Waals surface area contributed by atoms with Gasteiger partial charge in [0, 0.05) is 24.5 Å². The second-order valence-corrected chi connectivity index (χ2v) is 4.96. The summed E-state index contributed by atoms with van der Waals surface area (Å²) < 4.78 is 21.1. The smallest absolute Gasteiger partial charge is 0.207 e. The average Bonchev–Trinajstić information content (AvgIpc) is 2.79. The van der Waals surface area contributed by atoms with E-state index in [0.29, 0.717) is 12.3 Å². The Morgan fingerprint density at radius 3 is 2.81 bits per heavy atom. The van der Waals surface area contributed by atoms with Crippen LogP contribution in [0.2, 0.25) is 0 Å². The topological polar surface area (TPSA) is 39.1 Å². The summed E-state index contributed by atoms with van der Waals surface area (Å²) in [6.07, 6.45) is 4.21. The molecule has 1 heterocycles. The van der Waals surface area contributed by atoms with E-state index < -0.39 is 0 Å². The number of aryl methyl sites for hydroxylation is 2. The first kappa shape index (κ1) is 15.4. The average molecular weight is 291 g/mol. The van der Waals surface area contributed by atoms with Crippen LogP contribution in [0.5, 0.6) is 5.75 Å². The minimum Gasteiger partial charge on any atom is -0.491 e. The molecule has 4 nitrogen and oxygen atoms in total. The van der Waals surface area contributed by atoms with Gasteiger partial charge in [-0.15, -0.1) is 0 Å². The van der Waals surface area contributed by atoms with E-state index in [-0.39, 0.29) is 11.6 Å². The third-order valence-electron chi connectivity index (χ3n) is 3.14. The van der Waals surface area contributed by atoms with E-state index in [4.69, 9.17) is 4.74 Å². The summed E-state index contributed by atoms with van der Waals surface area (Å²) in [6.45, 7) is 7.29. The summed E-state index contributed by atoms with van der Waals surface area (Å²) in [5, 5.41) is 3.17. The van der Waals surface area contributed by atoms with Gasteiger partial charge in [-0.3, -0.25) is 0 Å². The van der Waals surface area contributed by atoms with Crippen molar-refractivity contribution in [2.75, 3.05) is 11.9 Å². The van der Waals surface area contributed by atoms with E-state index in [0.717, 1.165) is 31.0 Å². The SMILES string of the molecule is CCCCn1cc(C)nc1Nc1ccc(OCC)c(F)c1. The molecule has 5 heteroatoms.